The highest BCUT2D eigenvalue weighted by molar-refractivity contribution is 5.89. The number of nitriles is 1. The summed E-state index contributed by atoms with van der Waals surface area (Å²) in [4.78, 5) is 4.68. The van der Waals surface area contributed by atoms with Crippen molar-refractivity contribution in [3.8, 4) is 40.2 Å². The van der Waals surface area contributed by atoms with E-state index in [1.807, 2.05) is 36.4 Å². The molecule has 2 N–H and O–H groups in total. The average Bonchev–Trinajstić information content (AvgIpc) is 2.87. The average molecular weight is 458 g/mol. The van der Waals surface area contributed by atoms with Crippen LogP contribution in [0.5, 0.6) is 23.0 Å². The van der Waals surface area contributed by atoms with Gasteiger partial charge in [-0.2, -0.15) is 5.26 Å². The number of nitrogen functional groups attached to an aromatic ring is 1. The molecule has 0 saturated carbocycles. The molecule has 0 atom stereocenters. The molecule has 0 fully saturated rings. The summed E-state index contributed by atoms with van der Waals surface area (Å²) >= 11 is 0. The largest absolute Gasteiger partial charge is 0.493 e. The molecule has 0 radical (unpaired) electrons. The van der Waals surface area contributed by atoms with Gasteiger partial charge in [0.1, 0.15) is 17.5 Å². The van der Waals surface area contributed by atoms with Gasteiger partial charge >= 0.3 is 0 Å². The van der Waals surface area contributed by atoms with E-state index in [1.54, 1.807) is 28.4 Å². The van der Waals surface area contributed by atoms with E-state index in [4.69, 9.17) is 24.7 Å². The van der Waals surface area contributed by atoms with Gasteiger partial charge in [-0.25, -0.2) is 4.98 Å². The number of hydrogen-bond acceptors (Lipinski definition) is 7. The molecule has 1 aliphatic carbocycles. The molecule has 3 aromatic rings. The number of allylic oxidation sites excluding steroid dienone is 1. The van der Waals surface area contributed by atoms with Crippen LogP contribution in [-0.4, -0.2) is 33.4 Å². The monoisotopic (exact) mass is 457 g/mol. The Labute approximate surface area is 199 Å². The fraction of sp³-hybridized carbons (Fsp3) is 0.259. The highest BCUT2D eigenvalue weighted by Gasteiger charge is 2.25. The number of pyridine rings is 1. The molecule has 0 bridgehead atoms. The summed E-state index contributed by atoms with van der Waals surface area (Å²) in [6, 6.07) is 13.7. The van der Waals surface area contributed by atoms with Gasteiger partial charge in [0.25, 0.3) is 0 Å². The number of benzene rings is 2. The molecule has 174 valence electrons. The predicted molar refractivity (Wildman–Crippen MR) is 132 cm³/mol. The maximum atomic E-state index is 9.93. The van der Waals surface area contributed by atoms with Crippen LogP contribution < -0.4 is 24.7 Å². The smallest absolute Gasteiger partial charge is 0.161 e. The molecule has 7 heteroatoms. The number of methoxy groups -OCH3 is 4. The van der Waals surface area contributed by atoms with Crippen molar-refractivity contribution in [1.29, 1.82) is 5.26 Å². The predicted octanol–water partition coefficient (Wildman–Crippen LogP) is 5.11. The van der Waals surface area contributed by atoms with Crippen LogP contribution in [0, 0.1) is 11.3 Å². The van der Waals surface area contributed by atoms with Crippen LogP contribution in [0.15, 0.2) is 36.4 Å². The van der Waals surface area contributed by atoms with Crippen molar-refractivity contribution < 1.29 is 18.9 Å². The third kappa shape index (κ3) is 4.11. The fourth-order valence-corrected chi connectivity index (χ4v) is 4.43. The Morgan fingerprint density at radius 2 is 1.53 bits per heavy atom. The van der Waals surface area contributed by atoms with Crippen LogP contribution in [0.4, 0.5) is 5.82 Å². The molecule has 7 nitrogen and oxygen atoms in total. The van der Waals surface area contributed by atoms with E-state index < -0.39 is 0 Å². The lowest BCUT2D eigenvalue weighted by Crippen LogP contribution is -2.11. The Bertz CT molecular complexity index is 1310. The second-order valence-corrected chi connectivity index (χ2v) is 7.89. The van der Waals surface area contributed by atoms with Gasteiger partial charge in [-0.3, -0.25) is 0 Å². The lowest BCUT2D eigenvalue weighted by atomic mass is 9.83. The summed E-state index contributed by atoms with van der Waals surface area (Å²) in [5, 5.41) is 9.93. The number of anilines is 1. The molecule has 34 heavy (non-hydrogen) atoms. The van der Waals surface area contributed by atoms with Crippen LogP contribution in [0.3, 0.4) is 0 Å². The summed E-state index contributed by atoms with van der Waals surface area (Å²) in [7, 11) is 6.41. The van der Waals surface area contributed by atoms with Gasteiger partial charge < -0.3 is 24.7 Å². The first-order valence-corrected chi connectivity index (χ1v) is 10.9. The minimum absolute atomic E-state index is 0.214. The Morgan fingerprint density at radius 3 is 2.18 bits per heavy atom. The Kier molecular flexibility index (Phi) is 6.60. The van der Waals surface area contributed by atoms with Gasteiger partial charge in [0.2, 0.25) is 0 Å². The van der Waals surface area contributed by atoms with Gasteiger partial charge in [0.15, 0.2) is 23.0 Å². The van der Waals surface area contributed by atoms with Crippen molar-refractivity contribution in [2.75, 3.05) is 34.2 Å². The summed E-state index contributed by atoms with van der Waals surface area (Å²) in [6.07, 6.45) is 4.68. The number of fused-ring (bicyclic) bond motifs is 1. The van der Waals surface area contributed by atoms with Crippen LogP contribution in [0.25, 0.3) is 22.8 Å². The number of nitrogens with two attached hydrogens (primary N) is 1. The Balaban J connectivity index is 1.90. The van der Waals surface area contributed by atoms with Crippen LogP contribution >= 0.6 is 0 Å². The maximum absolute atomic E-state index is 9.93. The topological polar surface area (TPSA) is 99.6 Å². The van der Waals surface area contributed by atoms with E-state index in [1.165, 1.54) is 0 Å². The van der Waals surface area contributed by atoms with Gasteiger partial charge in [-0.15, -0.1) is 0 Å². The third-order valence-electron chi connectivity index (χ3n) is 6.04. The van der Waals surface area contributed by atoms with Crippen LogP contribution in [0.2, 0.25) is 0 Å². The summed E-state index contributed by atoms with van der Waals surface area (Å²) in [5.74, 6) is 2.75. The number of nitrogens with zero attached hydrogens (tertiary/aromatic N) is 2. The Morgan fingerprint density at radius 1 is 0.882 bits per heavy atom. The zero-order valence-electron chi connectivity index (χ0n) is 19.8. The molecular formula is C27H27N3O4. The Hall–Kier alpha value is -4.18. The van der Waals surface area contributed by atoms with E-state index in [9.17, 15) is 5.26 Å². The summed E-state index contributed by atoms with van der Waals surface area (Å²) < 4.78 is 21.7. The van der Waals surface area contributed by atoms with Crippen molar-refractivity contribution in [1.82, 2.24) is 4.98 Å². The first-order valence-electron chi connectivity index (χ1n) is 10.9. The van der Waals surface area contributed by atoms with Gasteiger partial charge in [-0.1, -0.05) is 12.1 Å². The number of ether oxygens (including phenoxy) is 4. The summed E-state index contributed by atoms with van der Waals surface area (Å²) in [5.41, 5.74) is 12.2. The van der Waals surface area contributed by atoms with Crippen LogP contribution in [-0.2, 0) is 6.42 Å². The zero-order valence-corrected chi connectivity index (χ0v) is 19.8. The molecule has 1 heterocycles. The molecule has 0 unspecified atom stereocenters. The standard InChI is InChI=1S/C27H27N3O4/c1-31-21-10-8-16(13-23(21)33-3)12-18-6-5-7-19-25(20(15-28)27(29)30-26(18)19)17-9-11-22(32-2)24(14-17)34-4/h8-14H,5-7H2,1-4H3,(H2,29,30)/b18-12+. The van der Waals surface area contributed by atoms with Crippen molar-refractivity contribution in [3.63, 3.8) is 0 Å². The minimum atomic E-state index is 0.214. The maximum Gasteiger partial charge on any atom is 0.161 e. The highest BCUT2D eigenvalue weighted by atomic mass is 16.5. The number of rotatable bonds is 6. The lowest BCUT2D eigenvalue weighted by molar-refractivity contribution is 0.355. The zero-order chi connectivity index (χ0) is 24.2. The summed E-state index contributed by atoms with van der Waals surface area (Å²) in [6.45, 7) is 0. The van der Waals surface area contributed by atoms with Gasteiger partial charge in [-0.05, 0) is 71.9 Å². The second kappa shape index (κ2) is 9.75. The molecule has 1 aliphatic rings. The highest BCUT2D eigenvalue weighted by Crippen LogP contribution is 2.42. The SMILES string of the molecule is COc1ccc(/C=C2\CCCc3c2nc(N)c(C#N)c3-c2ccc(OC)c(OC)c2)cc1OC. The number of aromatic nitrogens is 1. The fourth-order valence-electron chi connectivity index (χ4n) is 4.43. The van der Waals surface area contributed by atoms with Crippen molar-refractivity contribution in [3.05, 3.63) is 58.8 Å². The molecule has 0 aliphatic heterocycles. The van der Waals surface area contributed by atoms with E-state index >= 15 is 0 Å². The van der Waals surface area contributed by atoms with E-state index in [0.29, 0.717) is 28.6 Å². The second-order valence-electron chi connectivity index (χ2n) is 7.89. The molecular weight excluding hydrogens is 430 g/mol. The minimum Gasteiger partial charge on any atom is -0.493 e. The quantitative estimate of drug-likeness (QED) is 0.549. The van der Waals surface area contributed by atoms with Crippen molar-refractivity contribution in [2.45, 2.75) is 19.3 Å². The van der Waals surface area contributed by atoms with E-state index in [-0.39, 0.29) is 5.82 Å². The first-order chi connectivity index (χ1) is 16.5. The van der Waals surface area contributed by atoms with E-state index in [2.05, 4.69) is 17.1 Å². The van der Waals surface area contributed by atoms with Gasteiger partial charge in [0, 0.05) is 5.56 Å². The molecule has 0 spiro atoms. The third-order valence-corrected chi connectivity index (χ3v) is 6.04. The molecule has 2 aromatic carbocycles. The van der Waals surface area contributed by atoms with Crippen molar-refractivity contribution >= 4 is 17.5 Å². The molecule has 4 rings (SSSR count). The first kappa shape index (κ1) is 23.0. The lowest BCUT2D eigenvalue weighted by Gasteiger charge is -2.24. The van der Waals surface area contributed by atoms with E-state index in [0.717, 1.165) is 52.8 Å². The van der Waals surface area contributed by atoms with Gasteiger partial charge in [0.05, 0.1) is 34.1 Å². The molecule has 1 aromatic heterocycles. The molecule has 0 amide bonds. The van der Waals surface area contributed by atoms with Crippen LogP contribution in [0.1, 0.15) is 35.2 Å². The number of hydrogen-bond donors (Lipinski definition) is 1. The normalized spacial score (nSPS) is 13.7. The van der Waals surface area contributed by atoms with Crippen molar-refractivity contribution in [2.24, 2.45) is 0 Å². The molecule has 0 saturated heterocycles.